The number of carbonyl (C=O) groups is 2. The Morgan fingerprint density at radius 3 is 2.56 bits per heavy atom. The minimum absolute atomic E-state index is 0.117. The molecule has 0 aliphatic carbocycles. The first kappa shape index (κ1) is 28.8. The number of nitrogens with one attached hydrogen (secondary N) is 6. The zero-order chi connectivity index (χ0) is 28.0. The van der Waals surface area contributed by atoms with E-state index >= 15 is 0 Å². The molecule has 3 aromatic rings. The molecule has 7 N–H and O–H groups in total. The molecule has 1 aliphatic rings. The molecule has 4 rings (SSSR count). The van der Waals surface area contributed by atoms with Crippen LogP contribution < -0.4 is 26.0 Å². The van der Waals surface area contributed by atoms with E-state index in [9.17, 15) is 23.1 Å². The van der Waals surface area contributed by atoms with Crippen molar-refractivity contribution in [3.8, 4) is 0 Å². The number of unbranched alkanes of at least 4 members (excludes halogenated alkanes) is 1. The minimum Gasteiger partial charge on any atom is -0.478 e. The van der Waals surface area contributed by atoms with Crippen LogP contribution in [0.25, 0.3) is 10.9 Å². The number of carbonyl (C=O) groups excluding carboxylic acids is 1. The van der Waals surface area contributed by atoms with E-state index in [2.05, 4.69) is 36.2 Å². The number of carboxylic acid groups (broad SMARTS) is 1. The van der Waals surface area contributed by atoms with Crippen molar-refractivity contribution in [2.24, 2.45) is 0 Å². The third-order valence-electron chi connectivity index (χ3n) is 6.07. The van der Waals surface area contributed by atoms with Crippen LogP contribution in [0, 0.1) is 0 Å². The fraction of sp³-hybridized carbons (Fsp3) is 0.292. The van der Waals surface area contributed by atoms with Gasteiger partial charge in [0.1, 0.15) is 11.2 Å². The van der Waals surface area contributed by atoms with Crippen molar-refractivity contribution in [2.45, 2.75) is 36.1 Å². The van der Waals surface area contributed by atoms with Gasteiger partial charge >= 0.3 is 5.97 Å². The highest BCUT2D eigenvalue weighted by Gasteiger charge is 2.45. The van der Waals surface area contributed by atoms with Crippen molar-refractivity contribution in [3.05, 3.63) is 70.5 Å². The van der Waals surface area contributed by atoms with Gasteiger partial charge in [-0.1, -0.05) is 41.4 Å². The topological polar surface area (TPSA) is 177 Å². The Morgan fingerprint density at radius 2 is 1.87 bits per heavy atom. The van der Waals surface area contributed by atoms with Crippen LogP contribution in [0.1, 0.15) is 29.6 Å². The van der Waals surface area contributed by atoms with Crippen molar-refractivity contribution in [1.82, 2.24) is 36.2 Å². The number of sulfonamides is 1. The summed E-state index contributed by atoms with van der Waals surface area (Å²) in [5.41, 5.74) is -1.75. The zero-order valence-electron chi connectivity index (χ0n) is 20.5. The van der Waals surface area contributed by atoms with Crippen LogP contribution in [-0.4, -0.2) is 60.6 Å². The molecular weight excluding hydrogens is 569 g/mol. The van der Waals surface area contributed by atoms with Crippen LogP contribution in [0.4, 0.5) is 0 Å². The van der Waals surface area contributed by atoms with Gasteiger partial charge < -0.3 is 15.7 Å². The number of aromatic nitrogens is 2. The summed E-state index contributed by atoms with van der Waals surface area (Å²) in [5.74, 6) is -2.41. The molecule has 0 saturated heterocycles. The van der Waals surface area contributed by atoms with Crippen LogP contribution in [-0.2, 0) is 14.8 Å². The van der Waals surface area contributed by atoms with Crippen LogP contribution in [0.15, 0.2) is 59.8 Å². The number of carboxylic acids is 1. The SMILES string of the molecule is O=C(NC(CCCCNC1NC=CCN1)(NS(=O)(=O)c1c(Cl)cccc1Cl)C(=O)O)c1cccc2[nH]ncc12. The van der Waals surface area contributed by atoms with E-state index in [0.717, 1.165) is 0 Å². The maximum atomic E-state index is 13.4. The molecule has 208 valence electrons. The summed E-state index contributed by atoms with van der Waals surface area (Å²) >= 11 is 12.2. The average Bonchev–Trinajstić information content (AvgIpc) is 3.37. The first-order valence-corrected chi connectivity index (χ1v) is 14.2. The molecule has 2 aromatic carbocycles. The van der Waals surface area contributed by atoms with E-state index in [-0.39, 0.29) is 34.7 Å². The molecule has 39 heavy (non-hydrogen) atoms. The standard InChI is InChI=1S/C24H27Cl2N7O5S/c25-17-7-4-8-18(26)20(17)39(37,38)33-24(22(35)36,10-1-2-11-27-23-28-12-5-13-29-23)31-21(34)15-6-3-9-19-16(15)14-30-32-19/h3-9,12,14,23,27-29,33H,1-2,10-11,13H2,(H,30,32)(H,31,34)(H,35,36). The van der Waals surface area contributed by atoms with Crippen LogP contribution in [0.5, 0.6) is 0 Å². The minimum atomic E-state index is -4.61. The summed E-state index contributed by atoms with van der Waals surface area (Å²) in [7, 11) is -4.61. The number of nitrogens with zero attached hydrogens (tertiary/aromatic N) is 1. The lowest BCUT2D eigenvalue weighted by atomic mass is 10.0. The van der Waals surface area contributed by atoms with Gasteiger partial charge in [-0.25, -0.2) is 13.2 Å². The van der Waals surface area contributed by atoms with Crippen molar-refractivity contribution < 1.29 is 23.1 Å². The third-order valence-corrected chi connectivity index (χ3v) is 8.51. The number of amides is 1. The highest BCUT2D eigenvalue weighted by Crippen LogP contribution is 2.30. The van der Waals surface area contributed by atoms with E-state index in [1.165, 1.54) is 30.5 Å². The average molecular weight is 596 g/mol. The van der Waals surface area contributed by atoms with Gasteiger partial charge in [-0.15, -0.1) is 0 Å². The van der Waals surface area contributed by atoms with Gasteiger partial charge in [0, 0.05) is 11.9 Å². The summed E-state index contributed by atoms with van der Waals surface area (Å²) in [6.45, 7) is 1.17. The number of aromatic amines is 1. The second-order valence-corrected chi connectivity index (χ2v) is 11.2. The molecule has 1 aliphatic heterocycles. The monoisotopic (exact) mass is 595 g/mol. The summed E-state index contributed by atoms with van der Waals surface area (Å²) in [6.07, 6.45) is 5.43. The molecule has 0 fully saturated rings. The Balaban J connectivity index is 1.60. The van der Waals surface area contributed by atoms with Gasteiger partial charge in [-0.05, 0) is 56.3 Å². The predicted octanol–water partition coefficient (Wildman–Crippen LogP) is 2.11. The molecule has 1 amide bonds. The number of aliphatic carboxylic acids is 1. The Morgan fingerprint density at radius 1 is 1.13 bits per heavy atom. The molecule has 2 heterocycles. The molecule has 15 heteroatoms. The molecule has 0 bridgehead atoms. The van der Waals surface area contributed by atoms with E-state index in [1.807, 2.05) is 12.3 Å². The van der Waals surface area contributed by atoms with Crippen molar-refractivity contribution in [2.75, 3.05) is 13.1 Å². The van der Waals surface area contributed by atoms with Gasteiger partial charge in [0.25, 0.3) is 5.91 Å². The molecule has 2 atom stereocenters. The van der Waals surface area contributed by atoms with Gasteiger partial charge in [0.2, 0.25) is 15.7 Å². The smallest absolute Gasteiger partial charge is 0.345 e. The van der Waals surface area contributed by atoms with Gasteiger partial charge in [0.05, 0.1) is 27.3 Å². The first-order valence-electron chi connectivity index (χ1n) is 12.0. The quantitative estimate of drug-likeness (QED) is 0.122. The molecule has 1 aromatic heterocycles. The Hall–Kier alpha value is -3.20. The Kier molecular flexibility index (Phi) is 9.10. The third kappa shape index (κ3) is 6.69. The van der Waals surface area contributed by atoms with Crippen LogP contribution in [0.3, 0.4) is 0 Å². The highest BCUT2D eigenvalue weighted by molar-refractivity contribution is 7.89. The summed E-state index contributed by atoms with van der Waals surface area (Å²) in [4.78, 5) is 25.6. The lowest BCUT2D eigenvalue weighted by Crippen LogP contribution is -2.65. The number of hydrogen-bond donors (Lipinski definition) is 7. The maximum Gasteiger partial charge on any atom is 0.345 e. The van der Waals surface area contributed by atoms with Crippen LogP contribution >= 0.6 is 23.2 Å². The van der Waals surface area contributed by atoms with Gasteiger partial charge in [-0.2, -0.15) is 9.82 Å². The molecule has 0 radical (unpaired) electrons. The lowest BCUT2D eigenvalue weighted by Gasteiger charge is -2.32. The van der Waals surface area contributed by atoms with E-state index < -0.39 is 32.5 Å². The maximum absolute atomic E-state index is 13.4. The number of hydrogen-bond acceptors (Lipinski definition) is 8. The fourth-order valence-corrected chi connectivity index (χ4v) is 6.61. The first-order chi connectivity index (χ1) is 18.6. The van der Waals surface area contributed by atoms with Crippen LogP contribution in [0.2, 0.25) is 10.0 Å². The van der Waals surface area contributed by atoms with Crippen molar-refractivity contribution in [3.63, 3.8) is 0 Å². The molecular formula is C24H27Cl2N7O5S. The predicted molar refractivity (Wildman–Crippen MR) is 147 cm³/mol. The normalized spacial score (nSPS) is 16.9. The van der Waals surface area contributed by atoms with E-state index in [4.69, 9.17) is 23.2 Å². The number of benzene rings is 2. The Bertz CT molecular complexity index is 1480. The van der Waals surface area contributed by atoms with Gasteiger partial charge in [-0.3, -0.25) is 20.5 Å². The van der Waals surface area contributed by atoms with Crippen molar-refractivity contribution >= 4 is 56.0 Å². The van der Waals surface area contributed by atoms with E-state index in [1.54, 1.807) is 12.1 Å². The lowest BCUT2D eigenvalue weighted by molar-refractivity contribution is -0.145. The van der Waals surface area contributed by atoms with E-state index in [0.29, 0.717) is 30.4 Å². The largest absolute Gasteiger partial charge is 0.478 e. The zero-order valence-corrected chi connectivity index (χ0v) is 22.8. The van der Waals surface area contributed by atoms with Gasteiger partial charge in [0.15, 0.2) is 0 Å². The summed E-state index contributed by atoms with van der Waals surface area (Å²) in [6, 6.07) is 8.87. The summed E-state index contributed by atoms with van der Waals surface area (Å²) in [5, 5.41) is 28.9. The number of fused-ring (bicyclic) bond motifs is 1. The molecule has 0 saturated carbocycles. The number of rotatable bonds is 12. The highest BCUT2D eigenvalue weighted by atomic mass is 35.5. The second-order valence-electron chi connectivity index (χ2n) is 8.78. The molecule has 12 nitrogen and oxygen atoms in total. The fourth-order valence-electron chi connectivity index (χ4n) is 4.15. The Labute approximate surface area is 234 Å². The number of halogens is 2. The summed E-state index contributed by atoms with van der Waals surface area (Å²) < 4.78 is 29.0. The molecule has 0 spiro atoms. The second kappa shape index (κ2) is 12.3. The number of H-pyrrole nitrogens is 1. The van der Waals surface area contributed by atoms with Crippen molar-refractivity contribution in [1.29, 1.82) is 0 Å². The molecule has 2 unspecified atom stereocenters.